The molecule has 0 bridgehead atoms. The van der Waals surface area contributed by atoms with Gasteiger partial charge in [-0.05, 0) is 49.9 Å². The maximum Gasteiger partial charge on any atom is 0.161 e. The molecule has 0 amide bonds. The first-order chi connectivity index (χ1) is 14.3. The minimum absolute atomic E-state index is 0.171. The van der Waals surface area contributed by atoms with E-state index in [-0.39, 0.29) is 4.75 Å². The normalized spacial score (nSPS) is 21.3. The molecule has 5 rings (SSSR count). The molecule has 3 fully saturated rings. The lowest BCUT2D eigenvalue weighted by Crippen LogP contribution is -2.37. The third-order valence-electron chi connectivity index (χ3n) is 6.27. The van der Waals surface area contributed by atoms with E-state index in [1.165, 1.54) is 44.2 Å². The van der Waals surface area contributed by atoms with E-state index in [0.717, 1.165) is 54.4 Å². The number of nitrogens with zero attached hydrogens (tertiary/aromatic N) is 3. The molecule has 2 heterocycles. The van der Waals surface area contributed by atoms with Gasteiger partial charge in [-0.2, -0.15) is 0 Å². The number of benzene rings is 1. The summed E-state index contributed by atoms with van der Waals surface area (Å²) in [4.78, 5) is 12.6. The summed E-state index contributed by atoms with van der Waals surface area (Å²) in [6.07, 6.45) is 7.83. The van der Waals surface area contributed by atoms with Crippen molar-refractivity contribution < 1.29 is 4.74 Å². The number of anilines is 2. The Labute approximate surface area is 177 Å². The SMILES string of the molecule is CNc1ccc(-c2nc(N3CCOCC3)cc(C3(SC4CC4)CCCC3)n2)cc1. The zero-order chi connectivity index (χ0) is 19.7. The number of hydrogen-bond acceptors (Lipinski definition) is 6. The fourth-order valence-corrected chi connectivity index (χ4v) is 6.18. The van der Waals surface area contributed by atoms with Crippen molar-refractivity contribution in [2.75, 3.05) is 43.6 Å². The molecule has 0 unspecified atom stereocenters. The fourth-order valence-electron chi connectivity index (χ4n) is 4.42. The zero-order valence-electron chi connectivity index (χ0n) is 17.2. The Bertz CT molecular complexity index is 840. The Morgan fingerprint density at radius 3 is 2.45 bits per heavy atom. The number of morpholine rings is 1. The highest BCUT2D eigenvalue weighted by atomic mass is 32.2. The van der Waals surface area contributed by atoms with Crippen LogP contribution in [0.2, 0.25) is 0 Å². The van der Waals surface area contributed by atoms with Gasteiger partial charge in [0.1, 0.15) is 5.82 Å². The van der Waals surface area contributed by atoms with Gasteiger partial charge >= 0.3 is 0 Å². The van der Waals surface area contributed by atoms with Gasteiger partial charge in [0.25, 0.3) is 0 Å². The summed E-state index contributed by atoms with van der Waals surface area (Å²) in [5.41, 5.74) is 3.44. The van der Waals surface area contributed by atoms with E-state index in [1.54, 1.807) is 0 Å². The van der Waals surface area contributed by atoms with Crippen LogP contribution in [0.4, 0.5) is 11.5 Å². The molecule has 0 radical (unpaired) electrons. The van der Waals surface area contributed by atoms with Crippen LogP contribution in [0, 0.1) is 0 Å². The predicted molar refractivity (Wildman–Crippen MR) is 121 cm³/mol. The molecule has 154 valence electrons. The maximum absolute atomic E-state index is 5.58. The van der Waals surface area contributed by atoms with Crippen LogP contribution in [-0.2, 0) is 9.48 Å². The van der Waals surface area contributed by atoms with Crippen LogP contribution in [-0.4, -0.2) is 48.6 Å². The van der Waals surface area contributed by atoms with Gasteiger partial charge in [-0.25, -0.2) is 9.97 Å². The van der Waals surface area contributed by atoms with E-state index in [9.17, 15) is 0 Å². The number of thioether (sulfide) groups is 1. The highest BCUT2D eigenvalue weighted by molar-refractivity contribution is 8.01. The van der Waals surface area contributed by atoms with Crippen molar-refractivity contribution in [1.29, 1.82) is 0 Å². The van der Waals surface area contributed by atoms with Crippen LogP contribution >= 0.6 is 11.8 Å². The summed E-state index contributed by atoms with van der Waals surface area (Å²) in [7, 11) is 1.95. The molecule has 3 aliphatic rings. The van der Waals surface area contributed by atoms with Crippen LogP contribution in [0.3, 0.4) is 0 Å². The second-order valence-electron chi connectivity index (χ2n) is 8.38. The van der Waals surface area contributed by atoms with Gasteiger partial charge in [-0.1, -0.05) is 12.8 Å². The Morgan fingerprint density at radius 2 is 1.79 bits per heavy atom. The van der Waals surface area contributed by atoms with E-state index >= 15 is 0 Å². The number of aromatic nitrogens is 2. The highest BCUT2D eigenvalue weighted by Crippen LogP contribution is 2.55. The average molecular weight is 411 g/mol. The maximum atomic E-state index is 5.58. The van der Waals surface area contributed by atoms with Crippen molar-refractivity contribution in [3.63, 3.8) is 0 Å². The molecule has 1 N–H and O–H groups in total. The van der Waals surface area contributed by atoms with Crippen molar-refractivity contribution in [1.82, 2.24) is 9.97 Å². The van der Waals surface area contributed by atoms with Gasteiger partial charge in [0.15, 0.2) is 5.82 Å². The number of rotatable bonds is 6. The van der Waals surface area contributed by atoms with Crippen LogP contribution in [0.5, 0.6) is 0 Å². The molecule has 1 aliphatic heterocycles. The van der Waals surface area contributed by atoms with Gasteiger partial charge in [0, 0.05) is 42.7 Å². The summed E-state index contributed by atoms with van der Waals surface area (Å²) in [5.74, 6) is 1.92. The van der Waals surface area contributed by atoms with E-state index in [2.05, 4.69) is 52.3 Å². The zero-order valence-corrected chi connectivity index (χ0v) is 18.0. The third-order valence-corrected chi connectivity index (χ3v) is 8.15. The van der Waals surface area contributed by atoms with Gasteiger partial charge in [-0.3, -0.25) is 0 Å². The van der Waals surface area contributed by atoms with Crippen molar-refractivity contribution in [3.05, 3.63) is 36.0 Å². The van der Waals surface area contributed by atoms with Crippen molar-refractivity contribution in [2.24, 2.45) is 0 Å². The van der Waals surface area contributed by atoms with Crippen molar-refractivity contribution in [2.45, 2.75) is 48.5 Å². The van der Waals surface area contributed by atoms with Gasteiger partial charge < -0.3 is 15.0 Å². The molecule has 1 aromatic carbocycles. The molecule has 0 spiro atoms. The van der Waals surface area contributed by atoms with Gasteiger partial charge in [0.05, 0.1) is 23.7 Å². The molecule has 2 saturated carbocycles. The van der Waals surface area contributed by atoms with E-state index in [4.69, 9.17) is 14.7 Å². The first kappa shape index (κ1) is 19.2. The molecule has 1 saturated heterocycles. The smallest absolute Gasteiger partial charge is 0.161 e. The van der Waals surface area contributed by atoms with E-state index in [1.807, 2.05) is 7.05 Å². The molecule has 6 heteroatoms. The fraction of sp³-hybridized carbons (Fsp3) is 0.565. The Morgan fingerprint density at radius 1 is 1.07 bits per heavy atom. The molecule has 29 heavy (non-hydrogen) atoms. The molecule has 2 aliphatic carbocycles. The van der Waals surface area contributed by atoms with Crippen LogP contribution in [0.15, 0.2) is 30.3 Å². The molecular weight excluding hydrogens is 380 g/mol. The monoisotopic (exact) mass is 410 g/mol. The van der Waals surface area contributed by atoms with Gasteiger partial charge in [0.2, 0.25) is 0 Å². The van der Waals surface area contributed by atoms with Gasteiger partial charge in [-0.15, -0.1) is 11.8 Å². The van der Waals surface area contributed by atoms with Crippen LogP contribution in [0.1, 0.15) is 44.2 Å². The Hall–Kier alpha value is -1.79. The first-order valence-corrected chi connectivity index (χ1v) is 11.8. The standard InChI is InChI=1S/C23H30N4OS/c1-24-18-6-4-17(5-7-18)22-25-20(16-21(26-22)27-12-14-28-15-13-27)23(10-2-3-11-23)29-19-8-9-19/h4-7,16,19,24H,2-3,8-15H2,1H3. The second-order valence-corrected chi connectivity index (χ2v) is 10.1. The highest BCUT2D eigenvalue weighted by Gasteiger charge is 2.43. The lowest BCUT2D eigenvalue weighted by molar-refractivity contribution is 0.122. The number of hydrogen-bond donors (Lipinski definition) is 1. The Kier molecular flexibility index (Phi) is 5.39. The topological polar surface area (TPSA) is 50.3 Å². The molecule has 2 aromatic rings. The summed E-state index contributed by atoms with van der Waals surface area (Å²) < 4.78 is 5.75. The van der Waals surface area contributed by atoms with E-state index in [0.29, 0.717) is 0 Å². The minimum Gasteiger partial charge on any atom is -0.388 e. The predicted octanol–water partition coefficient (Wildman–Crippen LogP) is 4.69. The average Bonchev–Trinajstić information content (AvgIpc) is 3.47. The quantitative estimate of drug-likeness (QED) is 0.746. The lowest BCUT2D eigenvalue weighted by Gasteiger charge is -2.32. The van der Waals surface area contributed by atoms with E-state index < -0.39 is 0 Å². The molecular formula is C23H30N4OS. The van der Waals surface area contributed by atoms with Crippen LogP contribution in [0.25, 0.3) is 11.4 Å². The molecule has 5 nitrogen and oxygen atoms in total. The number of nitrogens with one attached hydrogen (secondary N) is 1. The summed E-state index contributed by atoms with van der Waals surface area (Å²) in [6, 6.07) is 10.7. The van der Waals surface area contributed by atoms with Crippen LogP contribution < -0.4 is 10.2 Å². The summed E-state index contributed by atoms with van der Waals surface area (Å²) in [5, 5.41) is 4.02. The Balaban J connectivity index is 1.57. The minimum atomic E-state index is 0.171. The lowest BCUT2D eigenvalue weighted by atomic mass is 10.0. The molecule has 1 aromatic heterocycles. The summed E-state index contributed by atoms with van der Waals surface area (Å²) >= 11 is 2.20. The molecule has 0 atom stereocenters. The number of ether oxygens (including phenoxy) is 1. The largest absolute Gasteiger partial charge is 0.388 e. The summed E-state index contributed by atoms with van der Waals surface area (Å²) in [6.45, 7) is 3.34. The first-order valence-electron chi connectivity index (χ1n) is 10.9. The third kappa shape index (κ3) is 4.10. The van der Waals surface area contributed by atoms with Crippen molar-refractivity contribution >= 4 is 23.3 Å². The second kappa shape index (κ2) is 8.15. The van der Waals surface area contributed by atoms with Crippen molar-refractivity contribution in [3.8, 4) is 11.4 Å².